The Morgan fingerprint density at radius 1 is 1.45 bits per heavy atom. The maximum absolute atomic E-state index is 9.02. The van der Waals surface area contributed by atoms with Crippen molar-refractivity contribution in [3.63, 3.8) is 0 Å². The van der Waals surface area contributed by atoms with Crippen LogP contribution in [0.25, 0.3) is 0 Å². The van der Waals surface area contributed by atoms with E-state index in [2.05, 4.69) is 16.9 Å². The number of ether oxygens (including phenoxy) is 1. The van der Waals surface area contributed by atoms with Crippen molar-refractivity contribution in [1.29, 1.82) is 0 Å². The maximum atomic E-state index is 9.02. The summed E-state index contributed by atoms with van der Waals surface area (Å²) in [6, 6.07) is 0.594. The van der Waals surface area contributed by atoms with Gasteiger partial charge in [0, 0.05) is 26.2 Å². The highest BCUT2D eigenvalue weighted by atomic mass is 16.5. The number of aliphatic hydroxyl groups is 1. The van der Waals surface area contributed by atoms with Gasteiger partial charge in [0.1, 0.15) is 0 Å². The topological polar surface area (TPSA) is 50.5 Å². The van der Waals surface area contributed by atoms with E-state index in [0.717, 1.165) is 43.9 Å². The zero-order valence-corrected chi connectivity index (χ0v) is 12.9. The van der Waals surface area contributed by atoms with Crippen molar-refractivity contribution in [2.75, 3.05) is 20.3 Å². The normalized spacial score (nSPS) is 19.7. The Hall–Kier alpha value is -1.07. The van der Waals surface area contributed by atoms with Crippen LogP contribution in [0.15, 0.2) is 0 Å². The van der Waals surface area contributed by atoms with Crippen LogP contribution in [0.2, 0.25) is 0 Å². The molecule has 1 fully saturated rings. The Balaban J connectivity index is 2.12. The Bertz CT molecular complexity index is 431. The summed E-state index contributed by atoms with van der Waals surface area (Å²) < 4.78 is 7.36. The summed E-state index contributed by atoms with van der Waals surface area (Å²) >= 11 is 0. The van der Waals surface area contributed by atoms with Crippen LogP contribution in [0, 0.1) is 0 Å². The molecule has 1 aliphatic rings. The van der Waals surface area contributed by atoms with E-state index in [1.165, 1.54) is 18.4 Å². The van der Waals surface area contributed by atoms with Crippen LogP contribution in [-0.2, 0) is 20.0 Å². The minimum absolute atomic E-state index is 0.292. The molecule has 1 aliphatic heterocycles. The second-order valence-corrected chi connectivity index (χ2v) is 5.54. The van der Waals surface area contributed by atoms with Gasteiger partial charge in [-0.15, -0.1) is 0 Å². The van der Waals surface area contributed by atoms with E-state index in [1.54, 1.807) is 7.11 Å². The molecule has 0 amide bonds. The molecule has 0 bridgehead atoms. The highest BCUT2D eigenvalue weighted by Gasteiger charge is 2.27. The number of aliphatic hydroxyl groups excluding tert-OH is 1. The van der Waals surface area contributed by atoms with Crippen molar-refractivity contribution < 1.29 is 9.84 Å². The summed E-state index contributed by atoms with van der Waals surface area (Å²) in [5.74, 6) is 0.884. The molecule has 1 N–H and O–H groups in total. The van der Waals surface area contributed by atoms with Crippen LogP contribution in [-0.4, -0.2) is 46.1 Å². The van der Waals surface area contributed by atoms with Gasteiger partial charge in [-0.2, -0.15) is 5.10 Å². The maximum Gasteiger partial charge on any atom is 0.216 e. The molecule has 1 unspecified atom stereocenters. The first-order valence-electron chi connectivity index (χ1n) is 7.64. The van der Waals surface area contributed by atoms with Gasteiger partial charge in [0.25, 0.3) is 0 Å². The van der Waals surface area contributed by atoms with E-state index in [9.17, 15) is 0 Å². The summed E-state index contributed by atoms with van der Waals surface area (Å²) in [5, 5.41) is 13.6. The van der Waals surface area contributed by atoms with Crippen LogP contribution in [0.1, 0.15) is 43.9 Å². The SMILES string of the molecule is CCc1nn(C)c(OC)c1CN1CCCC1CCCO. The smallest absolute Gasteiger partial charge is 0.216 e. The van der Waals surface area contributed by atoms with Crippen LogP contribution >= 0.6 is 0 Å². The van der Waals surface area contributed by atoms with Gasteiger partial charge in [-0.1, -0.05) is 6.92 Å². The summed E-state index contributed by atoms with van der Waals surface area (Å²) in [7, 11) is 3.65. The molecular formula is C15H27N3O2. The van der Waals surface area contributed by atoms with E-state index < -0.39 is 0 Å². The lowest BCUT2D eigenvalue weighted by Crippen LogP contribution is -2.29. The van der Waals surface area contributed by atoms with E-state index in [0.29, 0.717) is 12.6 Å². The van der Waals surface area contributed by atoms with Crippen LogP contribution < -0.4 is 4.74 Å². The first-order valence-corrected chi connectivity index (χ1v) is 7.64. The molecule has 1 aromatic rings. The van der Waals surface area contributed by atoms with Crippen molar-refractivity contribution in [3.05, 3.63) is 11.3 Å². The standard InChI is InChI=1S/C15H27N3O2/c1-4-14-13(15(20-3)17(2)16-14)11-18-9-5-7-12(18)8-6-10-19/h12,19H,4-11H2,1-3H3. The second-order valence-electron chi connectivity index (χ2n) is 5.54. The molecule has 1 aromatic heterocycles. The molecule has 5 heteroatoms. The van der Waals surface area contributed by atoms with Crippen molar-refractivity contribution in [2.45, 2.75) is 51.6 Å². The molecule has 114 valence electrons. The number of methoxy groups -OCH3 is 1. The molecule has 1 saturated heterocycles. The predicted molar refractivity (Wildman–Crippen MR) is 78.9 cm³/mol. The van der Waals surface area contributed by atoms with Crippen LogP contribution in [0.4, 0.5) is 0 Å². The minimum atomic E-state index is 0.292. The van der Waals surface area contributed by atoms with Gasteiger partial charge in [0.2, 0.25) is 5.88 Å². The monoisotopic (exact) mass is 281 g/mol. The average Bonchev–Trinajstić information content (AvgIpc) is 3.01. The Morgan fingerprint density at radius 2 is 2.25 bits per heavy atom. The summed E-state index contributed by atoms with van der Waals surface area (Å²) in [4.78, 5) is 2.52. The third-order valence-corrected chi connectivity index (χ3v) is 4.26. The van der Waals surface area contributed by atoms with Gasteiger partial charge < -0.3 is 9.84 Å². The minimum Gasteiger partial charge on any atom is -0.481 e. The second kappa shape index (κ2) is 7.09. The van der Waals surface area contributed by atoms with Crippen molar-refractivity contribution in [2.24, 2.45) is 7.05 Å². The number of nitrogens with zero attached hydrogens (tertiary/aromatic N) is 3. The zero-order chi connectivity index (χ0) is 14.5. The van der Waals surface area contributed by atoms with Crippen LogP contribution in [0.3, 0.4) is 0 Å². The number of aromatic nitrogens is 2. The highest BCUT2D eigenvalue weighted by Crippen LogP contribution is 2.29. The van der Waals surface area contributed by atoms with E-state index in [4.69, 9.17) is 9.84 Å². The van der Waals surface area contributed by atoms with Gasteiger partial charge >= 0.3 is 0 Å². The largest absolute Gasteiger partial charge is 0.481 e. The van der Waals surface area contributed by atoms with Gasteiger partial charge in [-0.3, -0.25) is 4.90 Å². The average molecular weight is 281 g/mol. The molecular weight excluding hydrogens is 254 g/mol. The van der Waals surface area contributed by atoms with Gasteiger partial charge in [-0.05, 0) is 38.6 Å². The Morgan fingerprint density at radius 3 is 2.90 bits per heavy atom. The predicted octanol–water partition coefficient (Wildman–Crippen LogP) is 1.73. The molecule has 0 radical (unpaired) electrons. The molecule has 5 nitrogen and oxygen atoms in total. The Kier molecular flexibility index (Phi) is 5.43. The first-order chi connectivity index (χ1) is 9.71. The molecule has 0 spiro atoms. The number of likely N-dealkylation sites (tertiary alicyclic amines) is 1. The fraction of sp³-hybridized carbons (Fsp3) is 0.800. The van der Waals surface area contributed by atoms with Gasteiger partial charge in [-0.25, -0.2) is 4.68 Å². The molecule has 2 rings (SSSR count). The van der Waals surface area contributed by atoms with E-state index in [-0.39, 0.29) is 0 Å². The fourth-order valence-corrected chi connectivity index (χ4v) is 3.26. The van der Waals surface area contributed by atoms with E-state index >= 15 is 0 Å². The molecule has 2 heterocycles. The third-order valence-electron chi connectivity index (χ3n) is 4.26. The Labute approximate surface area is 121 Å². The van der Waals surface area contributed by atoms with Gasteiger partial charge in [0.05, 0.1) is 18.4 Å². The lowest BCUT2D eigenvalue weighted by Gasteiger charge is -2.24. The van der Waals surface area contributed by atoms with Crippen LogP contribution in [0.5, 0.6) is 5.88 Å². The van der Waals surface area contributed by atoms with E-state index in [1.807, 2.05) is 11.7 Å². The van der Waals surface area contributed by atoms with Crippen molar-refractivity contribution >= 4 is 0 Å². The van der Waals surface area contributed by atoms with Crippen molar-refractivity contribution in [3.8, 4) is 5.88 Å². The molecule has 0 aromatic carbocycles. The number of aryl methyl sites for hydroxylation is 2. The third kappa shape index (κ3) is 3.15. The fourth-order valence-electron chi connectivity index (χ4n) is 3.26. The molecule has 0 saturated carbocycles. The quantitative estimate of drug-likeness (QED) is 0.827. The lowest BCUT2D eigenvalue weighted by atomic mass is 10.1. The number of rotatable bonds is 7. The molecule has 20 heavy (non-hydrogen) atoms. The van der Waals surface area contributed by atoms with Crippen molar-refractivity contribution in [1.82, 2.24) is 14.7 Å². The first kappa shape index (κ1) is 15.3. The highest BCUT2D eigenvalue weighted by molar-refractivity contribution is 5.32. The zero-order valence-electron chi connectivity index (χ0n) is 12.9. The molecule has 1 atom stereocenters. The number of hydrogen-bond acceptors (Lipinski definition) is 4. The molecule has 0 aliphatic carbocycles. The summed E-state index contributed by atoms with van der Waals surface area (Å²) in [6.07, 6.45) is 5.40. The number of hydrogen-bond donors (Lipinski definition) is 1. The van der Waals surface area contributed by atoms with Gasteiger partial charge in [0.15, 0.2) is 0 Å². The summed E-state index contributed by atoms with van der Waals surface area (Å²) in [6.45, 7) is 4.48. The lowest BCUT2D eigenvalue weighted by molar-refractivity contribution is 0.207. The summed E-state index contributed by atoms with van der Waals surface area (Å²) in [5.41, 5.74) is 2.37.